The molecule has 5 heteroatoms. The van der Waals surface area contributed by atoms with Crippen molar-refractivity contribution in [3.05, 3.63) is 23.9 Å². The van der Waals surface area contributed by atoms with Crippen molar-refractivity contribution >= 4 is 11.8 Å². The third-order valence-corrected chi connectivity index (χ3v) is 1.95. The third kappa shape index (κ3) is 3.58. The van der Waals surface area contributed by atoms with Gasteiger partial charge in [-0.15, -0.1) is 0 Å². The topological polar surface area (TPSA) is 86.0 Å². The summed E-state index contributed by atoms with van der Waals surface area (Å²) >= 11 is 0. The molecule has 0 saturated heterocycles. The molecule has 16 heavy (non-hydrogen) atoms. The van der Waals surface area contributed by atoms with Crippen LogP contribution in [0.5, 0.6) is 0 Å². The van der Waals surface area contributed by atoms with Crippen molar-refractivity contribution in [1.82, 2.24) is 4.98 Å². The molecule has 5 nitrogen and oxygen atoms in total. The number of carbonyl (C=O) groups is 1. The van der Waals surface area contributed by atoms with Crippen molar-refractivity contribution in [2.75, 3.05) is 5.32 Å². The van der Waals surface area contributed by atoms with Gasteiger partial charge >= 0.3 is 5.97 Å². The molecule has 0 aliphatic heterocycles. The standard InChI is InChI=1S/C11H13N3O2/c1-11(2,5-10(15)16)14-9-4-3-8(6-12)7-13-9/h3-4,7H,5H2,1-2H3,(H,13,14)(H,15,16). The number of rotatable bonds is 4. The van der Waals surface area contributed by atoms with Crippen LogP contribution in [-0.2, 0) is 4.79 Å². The summed E-state index contributed by atoms with van der Waals surface area (Å²) in [4.78, 5) is 14.6. The zero-order valence-corrected chi connectivity index (χ0v) is 9.19. The van der Waals surface area contributed by atoms with Crippen LogP contribution in [0.3, 0.4) is 0 Å². The molecule has 0 bridgehead atoms. The predicted octanol–water partition coefficient (Wildman–Crippen LogP) is 1.62. The van der Waals surface area contributed by atoms with Crippen molar-refractivity contribution in [3.8, 4) is 6.07 Å². The van der Waals surface area contributed by atoms with Gasteiger partial charge in [0.05, 0.1) is 12.0 Å². The Hall–Kier alpha value is -2.09. The Morgan fingerprint density at radius 2 is 2.31 bits per heavy atom. The number of anilines is 1. The molecule has 1 aromatic heterocycles. The Bertz CT molecular complexity index is 418. The first kappa shape index (κ1) is 12.0. The van der Waals surface area contributed by atoms with Crippen LogP contribution in [0.1, 0.15) is 25.8 Å². The number of hydrogen-bond donors (Lipinski definition) is 2. The average Bonchev–Trinajstić information content (AvgIpc) is 2.16. The van der Waals surface area contributed by atoms with E-state index in [1.54, 1.807) is 26.0 Å². The van der Waals surface area contributed by atoms with Crippen LogP contribution < -0.4 is 5.32 Å². The van der Waals surface area contributed by atoms with Crippen molar-refractivity contribution in [1.29, 1.82) is 5.26 Å². The van der Waals surface area contributed by atoms with Gasteiger partial charge in [-0.05, 0) is 26.0 Å². The highest BCUT2D eigenvalue weighted by Crippen LogP contribution is 2.16. The van der Waals surface area contributed by atoms with E-state index in [9.17, 15) is 4.79 Å². The van der Waals surface area contributed by atoms with Crippen LogP contribution >= 0.6 is 0 Å². The van der Waals surface area contributed by atoms with Crippen molar-refractivity contribution in [2.45, 2.75) is 25.8 Å². The number of aromatic nitrogens is 1. The lowest BCUT2D eigenvalue weighted by molar-refractivity contribution is -0.137. The quantitative estimate of drug-likeness (QED) is 0.803. The summed E-state index contributed by atoms with van der Waals surface area (Å²) in [5, 5.41) is 20.3. The SMILES string of the molecule is CC(C)(CC(=O)O)Nc1ccc(C#N)cn1. The summed E-state index contributed by atoms with van der Waals surface area (Å²) in [5.41, 5.74) is -0.103. The minimum atomic E-state index is -0.869. The molecule has 1 heterocycles. The lowest BCUT2D eigenvalue weighted by Crippen LogP contribution is -2.33. The van der Waals surface area contributed by atoms with E-state index >= 15 is 0 Å². The number of hydrogen-bond acceptors (Lipinski definition) is 4. The number of nitriles is 1. The second kappa shape index (κ2) is 4.62. The molecular weight excluding hydrogens is 206 g/mol. The normalized spacial score (nSPS) is 10.6. The summed E-state index contributed by atoms with van der Waals surface area (Å²) in [5.74, 6) is -0.309. The van der Waals surface area contributed by atoms with Crippen LogP contribution in [0.15, 0.2) is 18.3 Å². The van der Waals surface area contributed by atoms with Crippen LogP contribution in [0, 0.1) is 11.3 Å². The number of pyridine rings is 1. The fourth-order valence-corrected chi connectivity index (χ4v) is 1.30. The maximum absolute atomic E-state index is 10.6. The molecule has 0 aliphatic carbocycles. The summed E-state index contributed by atoms with van der Waals surface area (Å²) in [6.07, 6.45) is 1.44. The van der Waals surface area contributed by atoms with Crippen LogP contribution in [-0.4, -0.2) is 21.6 Å². The minimum Gasteiger partial charge on any atom is -0.481 e. The highest BCUT2D eigenvalue weighted by Gasteiger charge is 2.21. The third-order valence-electron chi connectivity index (χ3n) is 1.95. The largest absolute Gasteiger partial charge is 0.481 e. The van der Waals surface area contributed by atoms with Gasteiger partial charge in [0.15, 0.2) is 0 Å². The number of aliphatic carboxylic acids is 1. The smallest absolute Gasteiger partial charge is 0.305 e. The first-order valence-electron chi connectivity index (χ1n) is 4.79. The molecule has 0 aromatic carbocycles. The van der Waals surface area contributed by atoms with E-state index in [1.807, 2.05) is 6.07 Å². The van der Waals surface area contributed by atoms with Gasteiger partial charge in [-0.2, -0.15) is 5.26 Å². The summed E-state index contributed by atoms with van der Waals surface area (Å²) < 4.78 is 0. The van der Waals surface area contributed by atoms with E-state index in [1.165, 1.54) is 6.20 Å². The van der Waals surface area contributed by atoms with Gasteiger partial charge in [0.25, 0.3) is 0 Å². The van der Waals surface area contributed by atoms with Gasteiger partial charge in [0.2, 0.25) is 0 Å². The van der Waals surface area contributed by atoms with E-state index in [4.69, 9.17) is 10.4 Å². The van der Waals surface area contributed by atoms with E-state index in [0.717, 1.165) is 0 Å². The first-order chi connectivity index (χ1) is 7.43. The Balaban J connectivity index is 2.72. The summed E-state index contributed by atoms with van der Waals surface area (Å²) in [6, 6.07) is 5.25. The van der Waals surface area contributed by atoms with Crippen molar-refractivity contribution in [3.63, 3.8) is 0 Å². The molecule has 0 fully saturated rings. The second-order valence-electron chi connectivity index (χ2n) is 4.12. The van der Waals surface area contributed by atoms with Gasteiger partial charge < -0.3 is 10.4 Å². The first-order valence-corrected chi connectivity index (χ1v) is 4.79. The Morgan fingerprint density at radius 3 is 2.75 bits per heavy atom. The molecular formula is C11H13N3O2. The lowest BCUT2D eigenvalue weighted by Gasteiger charge is -2.24. The lowest BCUT2D eigenvalue weighted by atomic mass is 10.0. The molecule has 1 aromatic rings. The molecule has 0 unspecified atom stereocenters. The Labute approximate surface area is 93.7 Å². The summed E-state index contributed by atoms with van der Waals surface area (Å²) in [7, 11) is 0. The molecule has 0 atom stereocenters. The van der Waals surface area contributed by atoms with E-state index in [-0.39, 0.29) is 6.42 Å². The van der Waals surface area contributed by atoms with E-state index < -0.39 is 11.5 Å². The van der Waals surface area contributed by atoms with Crippen molar-refractivity contribution < 1.29 is 9.90 Å². The highest BCUT2D eigenvalue weighted by atomic mass is 16.4. The number of carboxylic acid groups (broad SMARTS) is 1. The average molecular weight is 219 g/mol. The van der Waals surface area contributed by atoms with Gasteiger partial charge in [0, 0.05) is 11.7 Å². The number of carboxylic acids is 1. The fourth-order valence-electron chi connectivity index (χ4n) is 1.30. The molecule has 0 aliphatic rings. The predicted molar refractivity (Wildman–Crippen MR) is 58.9 cm³/mol. The van der Waals surface area contributed by atoms with Crippen LogP contribution in [0.4, 0.5) is 5.82 Å². The molecule has 0 saturated carbocycles. The summed E-state index contributed by atoms with van der Waals surface area (Å²) in [6.45, 7) is 3.56. The number of nitrogens with one attached hydrogen (secondary N) is 1. The maximum atomic E-state index is 10.6. The van der Waals surface area contributed by atoms with Gasteiger partial charge in [-0.3, -0.25) is 4.79 Å². The maximum Gasteiger partial charge on any atom is 0.305 e. The van der Waals surface area contributed by atoms with Crippen LogP contribution in [0.25, 0.3) is 0 Å². The highest BCUT2D eigenvalue weighted by molar-refractivity contribution is 5.69. The molecule has 2 N–H and O–H groups in total. The molecule has 0 radical (unpaired) electrons. The zero-order valence-electron chi connectivity index (χ0n) is 9.19. The second-order valence-corrected chi connectivity index (χ2v) is 4.12. The van der Waals surface area contributed by atoms with Crippen molar-refractivity contribution in [2.24, 2.45) is 0 Å². The molecule has 84 valence electrons. The molecule has 1 rings (SSSR count). The van der Waals surface area contributed by atoms with E-state index in [2.05, 4.69) is 10.3 Å². The minimum absolute atomic E-state index is 0.00528. The molecule has 0 amide bonds. The monoisotopic (exact) mass is 219 g/mol. The Morgan fingerprint density at radius 1 is 1.62 bits per heavy atom. The zero-order chi connectivity index (χ0) is 12.2. The van der Waals surface area contributed by atoms with Gasteiger partial charge in [-0.25, -0.2) is 4.98 Å². The van der Waals surface area contributed by atoms with Gasteiger partial charge in [0.1, 0.15) is 11.9 Å². The molecule has 0 spiro atoms. The number of nitrogens with zero attached hydrogens (tertiary/aromatic N) is 2. The Kier molecular flexibility index (Phi) is 3.46. The van der Waals surface area contributed by atoms with Gasteiger partial charge in [-0.1, -0.05) is 0 Å². The van der Waals surface area contributed by atoms with E-state index in [0.29, 0.717) is 11.4 Å². The fraction of sp³-hybridized carbons (Fsp3) is 0.364. The van der Waals surface area contributed by atoms with Crippen LogP contribution in [0.2, 0.25) is 0 Å².